The van der Waals surface area contributed by atoms with Gasteiger partial charge in [0, 0.05) is 6.42 Å². The van der Waals surface area contributed by atoms with Crippen LogP contribution in [-0.2, 0) is 28.8 Å². The number of nitrogens with one attached hydrogen (secondary N) is 3. The van der Waals surface area contributed by atoms with Gasteiger partial charge in [-0.3, -0.25) is 24.0 Å². The van der Waals surface area contributed by atoms with Crippen molar-refractivity contribution >= 4 is 35.6 Å². The van der Waals surface area contributed by atoms with E-state index in [2.05, 4.69) is 16.0 Å². The molecular formula is C21H37N5O8. The molecule has 0 rings (SSSR count). The Balaban J connectivity index is 5.64. The molecule has 0 aromatic heterocycles. The molecule has 34 heavy (non-hydrogen) atoms. The van der Waals surface area contributed by atoms with Gasteiger partial charge < -0.3 is 37.6 Å². The third kappa shape index (κ3) is 11.6. The van der Waals surface area contributed by atoms with Crippen molar-refractivity contribution in [2.24, 2.45) is 23.3 Å². The number of carbonyl (C=O) groups excluding carboxylic acids is 4. The van der Waals surface area contributed by atoms with Crippen LogP contribution in [0.4, 0.5) is 0 Å². The van der Waals surface area contributed by atoms with Crippen LogP contribution in [0.25, 0.3) is 0 Å². The third-order valence-electron chi connectivity index (χ3n) is 5.16. The molecule has 13 nitrogen and oxygen atoms in total. The first-order valence-corrected chi connectivity index (χ1v) is 11.1. The summed E-state index contributed by atoms with van der Waals surface area (Å²) in [5.41, 5.74) is 10.7. The average Bonchev–Trinajstić information content (AvgIpc) is 2.72. The van der Waals surface area contributed by atoms with Crippen LogP contribution in [-0.4, -0.2) is 69.9 Å². The Kier molecular flexibility index (Phi) is 13.4. The second-order valence-corrected chi connectivity index (χ2v) is 8.67. The number of nitrogens with two attached hydrogens (primary N) is 2. The van der Waals surface area contributed by atoms with Gasteiger partial charge in [0.25, 0.3) is 0 Å². The van der Waals surface area contributed by atoms with Crippen molar-refractivity contribution in [2.75, 3.05) is 0 Å². The van der Waals surface area contributed by atoms with E-state index in [-0.39, 0.29) is 25.2 Å². The second kappa shape index (κ2) is 14.8. The molecule has 0 bridgehead atoms. The molecule has 194 valence electrons. The highest BCUT2D eigenvalue weighted by molar-refractivity contribution is 5.95. The molecule has 0 aromatic carbocycles. The van der Waals surface area contributed by atoms with Crippen LogP contribution < -0.4 is 27.4 Å². The quantitative estimate of drug-likeness (QED) is 0.137. The fourth-order valence-corrected chi connectivity index (χ4v) is 3.03. The van der Waals surface area contributed by atoms with Gasteiger partial charge in [0.15, 0.2) is 0 Å². The van der Waals surface area contributed by atoms with Crippen molar-refractivity contribution in [1.29, 1.82) is 0 Å². The Morgan fingerprint density at radius 1 is 0.853 bits per heavy atom. The highest BCUT2D eigenvalue weighted by atomic mass is 16.4. The largest absolute Gasteiger partial charge is 0.481 e. The van der Waals surface area contributed by atoms with Crippen molar-refractivity contribution < 1.29 is 39.0 Å². The van der Waals surface area contributed by atoms with E-state index in [0.717, 1.165) is 0 Å². The van der Waals surface area contributed by atoms with Crippen LogP contribution in [0, 0.1) is 11.8 Å². The van der Waals surface area contributed by atoms with Gasteiger partial charge >= 0.3 is 11.9 Å². The van der Waals surface area contributed by atoms with E-state index in [1.54, 1.807) is 27.7 Å². The SMILES string of the molecule is CCC(C)C(NC(=O)C(N)CC(=O)O)C(=O)NC(CCC(N)=O)C(=O)NC(CC(C)C)C(=O)O. The van der Waals surface area contributed by atoms with Gasteiger partial charge in [0.1, 0.15) is 18.1 Å². The van der Waals surface area contributed by atoms with Gasteiger partial charge in [0.05, 0.1) is 12.5 Å². The molecule has 9 N–H and O–H groups in total. The van der Waals surface area contributed by atoms with E-state index in [4.69, 9.17) is 16.6 Å². The van der Waals surface area contributed by atoms with Crippen LogP contribution in [0.1, 0.15) is 59.8 Å². The van der Waals surface area contributed by atoms with Crippen molar-refractivity contribution in [2.45, 2.75) is 84.0 Å². The van der Waals surface area contributed by atoms with Crippen LogP contribution in [0.2, 0.25) is 0 Å². The summed E-state index contributed by atoms with van der Waals surface area (Å²) in [6.07, 6.45) is -0.508. The predicted octanol–water partition coefficient (Wildman–Crippen LogP) is -1.31. The molecule has 5 unspecified atom stereocenters. The van der Waals surface area contributed by atoms with Gasteiger partial charge in [0.2, 0.25) is 23.6 Å². The summed E-state index contributed by atoms with van der Waals surface area (Å²) in [5, 5.41) is 25.4. The van der Waals surface area contributed by atoms with E-state index in [1.807, 2.05) is 0 Å². The molecule has 0 aliphatic carbocycles. The summed E-state index contributed by atoms with van der Waals surface area (Å²) < 4.78 is 0. The van der Waals surface area contributed by atoms with Crippen molar-refractivity contribution in [3.63, 3.8) is 0 Å². The first-order valence-electron chi connectivity index (χ1n) is 11.1. The molecule has 0 heterocycles. The monoisotopic (exact) mass is 487 g/mol. The standard InChI is InChI=1S/C21H37N5O8/c1-5-11(4)17(26-18(30)12(22)9-16(28)29)20(32)24-13(6-7-15(23)27)19(31)25-14(21(33)34)8-10(2)3/h10-14,17H,5-9,22H2,1-4H3,(H2,23,27)(H,24,32)(H,25,31)(H,26,30)(H,28,29)(H,33,34). The number of amides is 4. The van der Waals surface area contributed by atoms with Crippen molar-refractivity contribution in [3.05, 3.63) is 0 Å². The molecule has 13 heteroatoms. The van der Waals surface area contributed by atoms with Gasteiger partial charge in [-0.15, -0.1) is 0 Å². The topological polar surface area (TPSA) is 231 Å². The van der Waals surface area contributed by atoms with E-state index >= 15 is 0 Å². The van der Waals surface area contributed by atoms with Gasteiger partial charge in [-0.05, 0) is 24.7 Å². The first-order chi connectivity index (χ1) is 15.7. The van der Waals surface area contributed by atoms with E-state index in [0.29, 0.717) is 6.42 Å². The molecule has 0 saturated heterocycles. The summed E-state index contributed by atoms with van der Waals surface area (Å²) in [6.45, 7) is 6.98. The fourth-order valence-electron chi connectivity index (χ4n) is 3.03. The Morgan fingerprint density at radius 2 is 1.41 bits per heavy atom. The number of primary amides is 1. The van der Waals surface area contributed by atoms with E-state index in [9.17, 15) is 33.9 Å². The van der Waals surface area contributed by atoms with Crippen molar-refractivity contribution in [1.82, 2.24) is 16.0 Å². The summed E-state index contributed by atoms with van der Waals surface area (Å²) in [6, 6.07) is -5.06. The normalized spacial score (nSPS) is 15.4. The summed E-state index contributed by atoms with van der Waals surface area (Å²) in [5.74, 6) is -6.18. The van der Waals surface area contributed by atoms with Crippen LogP contribution in [0.15, 0.2) is 0 Å². The number of rotatable bonds is 16. The van der Waals surface area contributed by atoms with Gasteiger partial charge in [-0.25, -0.2) is 4.79 Å². The van der Waals surface area contributed by atoms with E-state index in [1.165, 1.54) is 0 Å². The summed E-state index contributed by atoms with van der Waals surface area (Å²) in [7, 11) is 0. The van der Waals surface area contributed by atoms with Crippen molar-refractivity contribution in [3.8, 4) is 0 Å². The first kappa shape index (κ1) is 30.8. The van der Waals surface area contributed by atoms with E-state index < -0.39 is 72.1 Å². The lowest BCUT2D eigenvalue weighted by molar-refractivity contribution is -0.143. The minimum Gasteiger partial charge on any atom is -0.481 e. The highest BCUT2D eigenvalue weighted by Gasteiger charge is 2.33. The number of carboxylic acids is 2. The number of carboxylic acid groups (broad SMARTS) is 2. The minimum absolute atomic E-state index is 0.0416. The molecule has 0 fully saturated rings. The highest BCUT2D eigenvalue weighted by Crippen LogP contribution is 2.11. The predicted molar refractivity (Wildman–Crippen MR) is 121 cm³/mol. The Hall–Kier alpha value is -3.22. The number of carbonyl (C=O) groups is 6. The lowest BCUT2D eigenvalue weighted by Gasteiger charge is -2.28. The van der Waals surface area contributed by atoms with Crippen LogP contribution in [0.3, 0.4) is 0 Å². The molecule has 0 spiro atoms. The maximum Gasteiger partial charge on any atom is 0.326 e. The average molecular weight is 488 g/mol. The Labute approximate surface area is 198 Å². The lowest BCUT2D eigenvalue weighted by atomic mass is 9.96. The molecule has 4 amide bonds. The smallest absolute Gasteiger partial charge is 0.326 e. The zero-order valence-corrected chi connectivity index (χ0v) is 20.0. The van der Waals surface area contributed by atoms with Crippen LogP contribution in [0.5, 0.6) is 0 Å². The molecule has 5 atom stereocenters. The summed E-state index contributed by atoms with van der Waals surface area (Å²) >= 11 is 0. The zero-order valence-electron chi connectivity index (χ0n) is 20.0. The summed E-state index contributed by atoms with van der Waals surface area (Å²) in [4.78, 5) is 71.6. The number of aliphatic carboxylic acids is 2. The third-order valence-corrected chi connectivity index (χ3v) is 5.16. The number of hydrogen-bond acceptors (Lipinski definition) is 7. The van der Waals surface area contributed by atoms with Gasteiger partial charge in [-0.1, -0.05) is 34.1 Å². The number of hydrogen-bond donors (Lipinski definition) is 7. The molecule has 0 radical (unpaired) electrons. The van der Waals surface area contributed by atoms with Gasteiger partial charge in [-0.2, -0.15) is 0 Å². The fraction of sp³-hybridized carbons (Fsp3) is 0.714. The Morgan fingerprint density at radius 3 is 1.85 bits per heavy atom. The second-order valence-electron chi connectivity index (χ2n) is 8.67. The lowest BCUT2D eigenvalue weighted by Crippen LogP contribution is -2.58. The maximum atomic E-state index is 13.0. The molecule has 0 aliphatic heterocycles. The Bertz CT molecular complexity index is 757. The minimum atomic E-state index is -1.39. The molecule has 0 aliphatic rings. The zero-order chi connectivity index (χ0) is 26.6. The molecule has 0 aromatic rings. The molecular weight excluding hydrogens is 450 g/mol. The molecule has 0 saturated carbocycles. The maximum absolute atomic E-state index is 13.0. The van der Waals surface area contributed by atoms with Crippen LogP contribution >= 0.6 is 0 Å².